The smallest absolute Gasteiger partial charge is 0.253 e. The maximum absolute atomic E-state index is 12.3. The Hall–Kier alpha value is -2.59. The number of hydrogen-bond donors (Lipinski definition) is 1. The molecular weight excluding hydrogens is 312 g/mol. The van der Waals surface area contributed by atoms with Crippen molar-refractivity contribution in [2.45, 2.75) is 13.5 Å². The van der Waals surface area contributed by atoms with E-state index in [-0.39, 0.29) is 18.0 Å². The van der Waals surface area contributed by atoms with Crippen LogP contribution in [0, 0.1) is 0 Å². The van der Waals surface area contributed by atoms with Crippen LogP contribution in [0.15, 0.2) is 59.4 Å². The molecule has 0 saturated carbocycles. The Morgan fingerprint density at radius 2 is 1.83 bits per heavy atom. The summed E-state index contributed by atoms with van der Waals surface area (Å²) in [6.45, 7) is 1.68. The summed E-state index contributed by atoms with van der Waals surface area (Å²) in [5.41, 5.74) is 1.83. The van der Waals surface area contributed by atoms with Crippen LogP contribution in [0.2, 0.25) is 5.02 Å². The molecule has 116 valence electrons. The fourth-order valence-electron chi connectivity index (χ4n) is 2.49. The SMILES string of the molecule is CC(=O)N(Cc1cc2ccccc2[nH]c1=O)c1ccc(Cl)cc1. The van der Waals surface area contributed by atoms with Crippen LogP contribution >= 0.6 is 11.6 Å². The number of hydrogen-bond acceptors (Lipinski definition) is 2. The Morgan fingerprint density at radius 3 is 2.52 bits per heavy atom. The third-order valence-corrected chi connectivity index (χ3v) is 3.93. The molecule has 1 N–H and O–H groups in total. The zero-order valence-electron chi connectivity index (χ0n) is 12.5. The van der Waals surface area contributed by atoms with Crippen molar-refractivity contribution in [1.82, 2.24) is 4.98 Å². The first-order valence-corrected chi connectivity index (χ1v) is 7.57. The van der Waals surface area contributed by atoms with E-state index < -0.39 is 0 Å². The summed E-state index contributed by atoms with van der Waals surface area (Å²) in [5, 5.41) is 1.53. The van der Waals surface area contributed by atoms with Crippen molar-refractivity contribution < 1.29 is 4.79 Å². The number of nitrogens with zero attached hydrogens (tertiary/aromatic N) is 1. The molecule has 0 aliphatic heterocycles. The van der Waals surface area contributed by atoms with Gasteiger partial charge < -0.3 is 9.88 Å². The molecule has 0 saturated heterocycles. The Labute approximate surface area is 138 Å². The number of fused-ring (bicyclic) bond motifs is 1. The molecule has 1 heterocycles. The second kappa shape index (κ2) is 6.26. The van der Waals surface area contributed by atoms with Crippen LogP contribution in [0.3, 0.4) is 0 Å². The van der Waals surface area contributed by atoms with Crippen LogP contribution in [-0.2, 0) is 11.3 Å². The molecule has 1 aromatic heterocycles. The van der Waals surface area contributed by atoms with E-state index >= 15 is 0 Å². The highest BCUT2D eigenvalue weighted by molar-refractivity contribution is 6.30. The number of rotatable bonds is 3. The van der Waals surface area contributed by atoms with E-state index in [1.54, 1.807) is 29.2 Å². The van der Waals surface area contributed by atoms with Gasteiger partial charge in [-0.1, -0.05) is 29.8 Å². The molecule has 2 aromatic carbocycles. The zero-order chi connectivity index (χ0) is 16.4. The summed E-state index contributed by atoms with van der Waals surface area (Å²) < 4.78 is 0. The first-order valence-electron chi connectivity index (χ1n) is 7.19. The van der Waals surface area contributed by atoms with E-state index in [9.17, 15) is 9.59 Å². The number of halogens is 1. The van der Waals surface area contributed by atoms with E-state index in [1.807, 2.05) is 30.3 Å². The molecular formula is C18H15ClN2O2. The van der Waals surface area contributed by atoms with Crippen LogP contribution < -0.4 is 10.5 Å². The lowest BCUT2D eigenvalue weighted by molar-refractivity contribution is -0.116. The van der Waals surface area contributed by atoms with Crippen LogP contribution in [-0.4, -0.2) is 10.9 Å². The van der Waals surface area contributed by atoms with Crippen molar-refractivity contribution in [3.63, 3.8) is 0 Å². The maximum Gasteiger partial charge on any atom is 0.253 e. The minimum absolute atomic E-state index is 0.139. The molecule has 0 aliphatic carbocycles. The van der Waals surface area contributed by atoms with E-state index in [1.165, 1.54) is 6.92 Å². The number of carbonyl (C=O) groups is 1. The van der Waals surface area contributed by atoms with Crippen molar-refractivity contribution in [2.75, 3.05) is 4.90 Å². The molecule has 0 fully saturated rings. The van der Waals surface area contributed by atoms with Crippen LogP contribution in [0.25, 0.3) is 10.9 Å². The largest absolute Gasteiger partial charge is 0.322 e. The Bertz CT molecular complexity index is 916. The van der Waals surface area contributed by atoms with Gasteiger partial charge in [0.15, 0.2) is 0 Å². The van der Waals surface area contributed by atoms with Crippen molar-refractivity contribution in [1.29, 1.82) is 0 Å². The molecule has 0 bridgehead atoms. The van der Waals surface area contributed by atoms with Crippen LogP contribution in [0.1, 0.15) is 12.5 Å². The number of aromatic amines is 1. The Morgan fingerprint density at radius 1 is 1.13 bits per heavy atom. The molecule has 23 heavy (non-hydrogen) atoms. The highest BCUT2D eigenvalue weighted by Crippen LogP contribution is 2.20. The number of aromatic nitrogens is 1. The monoisotopic (exact) mass is 326 g/mol. The fraction of sp³-hybridized carbons (Fsp3) is 0.111. The highest BCUT2D eigenvalue weighted by atomic mass is 35.5. The van der Waals surface area contributed by atoms with E-state index in [4.69, 9.17) is 11.6 Å². The molecule has 0 spiro atoms. The second-order valence-corrected chi connectivity index (χ2v) is 5.73. The Balaban J connectivity index is 2.00. The second-order valence-electron chi connectivity index (χ2n) is 5.29. The van der Waals surface area contributed by atoms with E-state index in [0.29, 0.717) is 16.3 Å². The van der Waals surface area contributed by atoms with Crippen LogP contribution in [0.4, 0.5) is 5.69 Å². The van der Waals surface area contributed by atoms with Gasteiger partial charge in [-0.15, -0.1) is 0 Å². The van der Waals surface area contributed by atoms with Gasteiger partial charge in [-0.3, -0.25) is 9.59 Å². The van der Waals surface area contributed by atoms with Gasteiger partial charge in [0.05, 0.1) is 6.54 Å². The average molecular weight is 327 g/mol. The standard InChI is InChI=1S/C18H15ClN2O2/c1-12(22)21(16-8-6-15(19)7-9-16)11-14-10-13-4-2-3-5-17(13)20-18(14)23/h2-10H,11H2,1H3,(H,20,23). The summed E-state index contributed by atoms with van der Waals surface area (Å²) in [6, 6.07) is 16.3. The van der Waals surface area contributed by atoms with Crippen molar-refractivity contribution in [2.24, 2.45) is 0 Å². The van der Waals surface area contributed by atoms with Crippen molar-refractivity contribution in [3.8, 4) is 0 Å². The van der Waals surface area contributed by atoms with Gasteiger partial charge in [-0.25, -0.2) is 0 Å². The highest BCUT2D eigenvalue weighted by Gasteiger charge is 2.14. The van der Waals surface area contributed by atoms with E-state index in [2.05, 4.69) is 4.98 Å². The molecule has 0 unspecified atom stereocenters. The van der Waals surface area contributed by atoms with Gasteiger partial charge in [0.25, 0.3) is 5.56 Å². The van der Waals surface area contributed by atoms with Gasteiger partial charge in [0.1, 0.15) is 0 Å². The summed E-state index contributed by atoms with van der Waals surface area (Å²) >= 11 is 5.89. The quantitative estimate of drug-likeness (QED) is 0.797. The fourth-order valence-corrected chi connectivity index (χ4v) is 2.61. The number of amides is 1. The number of para-hydroxylation sites is 1. The average Bonchev–Trinajstić information content (AvgIpc) is 2.53. The first-order chi connectivity index (χ1) is 11.0. The maximum atomic E-state index is 12.3. The normalized spacial score (nSPS) is 10.7. The molecule has 0 radical (unpaired) electrons. The Kier molecular flexibility index (Phi) is 4.17. The molecule has 3 rings (SSSR count). The number of anilines is 1. The predicted octanol–water partition coefficient (Wildman–Crippen LogP) is 3.73. The number of carbonyl (C=O) groups excluding carboxylic acids is 1. The molecule has 5 heteroatoms. The van der Waals surface area contributed by atoms with Gasteiger partial charge in [0, 0.05) is 28.7 Å². The minimum Gasteiger partial charge on any atom is -0.322 e. The summed E-state index contributed by atoms with van der Waals surface area (Å²) in [6.07, 6.45) is 0. The topological polar surface area (TPSA) is 53.2 Å². The minimum atomic E-state index is -0.191. The first kappa shape index (κ1) is 15.3. The molecule has 4 nitrogen and oxygen atoms in total. The third-order valence-electron chi connectivity index (χ3n) is 3.68. The predicted molar refractivity (Wildman–Crippen MR) is 92.9 cm³/mol. The van der Waals surface area contributed by atoms with Crippen molar-refractivity contribution in [3.05, 3.63) is 75.5 Å². The van der Waals surface area contributed by atoms with Crippen LogP contribution in [0.5, 0.6) is 0 Å². The lowest BCUT2D eigenvalue weighted by atomic mass is 10.1. The summed E-state index contributed by atoms with van der Waals surface area (Å²) in [4.78, 5) is 28.7. The zero-order valence-corrected chi connectivity index (χ0v) is 13.3. The van der Waals surface area contributed by atoms with Gasteiger partial charge in [-0.05, 0) is 41.8 Å². The number of benzene rings is 2. The summed E-state index contributed by atoms with van der Waals surface area (Å²) in [5.74, 6) is -0.139. The molecule has 0 atom stereocenters. The van der Waals surface area contributed by atoms with E-state index in [0.717, 1.165) is 10.9 Å². The van der Waals surface area contributed by atoms with Gasteiger partial charge >= 0.3 is 0 Å². The van der Waals surface area contributed by atoms with Gasteiger partial charge in [-0.2, -0.15) is 0 Å². The number of pyridine rings is 1. The van der Waals surface area contributed by atoms with Crippen molar-refractivity contribution >= 4 is 34.1 Å². The lowest BCUT2D eigenvalue weighted by Gasteiger charge is -2.21. The van der Waals surface area contributed by atoms with Gasteiger partial charge in [0.2, 0.25) is 5.91 Å². The lowest BCUT2D eigenvalue weighted by Crippen LogP contribution is -2.30. The number of nitrogens with one attached hydrogen (secondary N) is 1. The summed E-state index contributed by atoms with van der Waals surface area (Å²) in [7, 11) is 0. The number of H-pyrrole nitrogens is 1. The molecule has 0 aliphatic rings. The third kappa shape index (κ3) is 3.27. The molecule has 3 aromatic rings. The molecule has 1 amide bonds.